The number of aromatic nitrogens is 2. The summed E-state index contributed by atoms with van der Waals surface area (Å²) in [6, 6.07) is 4.24. The second kappa shape index (κ2) is 6.33. The molecule has 1 saturated heterocycles. The Balaban J connectivity index is 1.76. The van der Waals surface area contributed by atoms with E-state index in [0.717, 1.165) is 44.0 Å². The third-order valence-corrected chi connectivity index (χ3v) is 4.29. The molecule has 1 aliphatic rings. The van der Waals surface area contributed by atoms with E-state index >= 15 is 0 Å². The first kappa shape index (κ1) is 13.5. The van der Waals surface area contributed by atoms with Crippen molar-refractivity contribution in [2.24, 2.45) is 0 Å². The first-order chi connectivity index (χ1) is 9.81. The molecule has 106 valence electrons. The second-order valence-corrected chi connectivity index (χ2v) is 6.19. The van der Waals surface area contributed by atoms with Gasteiger partial charge in [-0.2, -0.15) is 0 Å². The molecule has 0 aromatic carbocycles. The van der Waals surface area contributed by atoms with Gasteiger partial charge >= 0.3 is 0 Å². The van der Waals surface area contributed by atoms with Gasteiger partial charge in [0.25, 0.3) is 0 Å². The zero-order valence-corrected chi connectivity index (χ0v) is 12.5. The number of ether oxygens (including phenoxy) is 1. The maximum Gasteiger partial charge on any atom is 0.225 e. The number of rotatable bonds is 5. The molecule has 0 bridgehead atoms. The van der Waals surface area contributed by atoms with Gasteiger partial charge in [0.2, 0.25) is 5.95 Å². The van der Waals surface area contributed by atoms with E-state index in [1.807, 2.05) is 19.3 Å². The fourth-order valence-corrected chi connectivity index (χ4v) is 3.11. The van der Waals surface area contributed by atoms with E-state index in [1.54, 1.807) is 11.3 Å². The summed E-state index contributed by atoms with van der Waals surface area (Å²) >= 11 is 1.77. The van der Waals surface area contributed by atoms with E-state index in [0.29, 0.717) is 6.10 Å². The average Bonchev–Trinajstić information content (AvgIpc) is 3.12. The van der Waals surface area contributed by atoms with Crippen molar-refractivity contribution in [2.45, 2.75) is 32.4 Å². The molecule has 0 aliphatic carbocycles. The molecule has 3 rings (SSSR count). The maximum absolute atomic E-state index is 5.75. The van der Waals surface area contributed by atoms with Crippen molar-refractivity contribution < 1.29 is 4.74 Å². The third-order valence-electron chi connectivity index (χ3n) is 3.42. The number of aryl methyl sites for hydroxylation is 1. The lowest BCUT2D eigenvalue weighted by Gasteiger charge is -2.24. The number of nitrogens with zero attached hydrogens (tertiary/aromatic N) is 3. The lowest BCUT2D eigenvalue weighted by molar-refractivity contribution is 0.115. The fourth-order valence-electron chi connectivity index (χ4n) is 2.39. The van der Waals surface area contributed by atoms with Crippen LogP contribution in [-0.4, -0.2) is 29.2 Å². The van der Waals surface area contributed by atoms with Crippen LogP contribution < -0.4 is 4.90 Å². The van der Waals surface area contributed by atoms with Gasteiger partial charge in [-0.15, -0.1) is 11.3 Å². The molecule has 0 N–H and O–H groups in total. The minimum absolute atomic E-state index is 0.305. The Hall–Kier alpha value is -1.46. The minimum atomic E-state index is 0.305. The first-order valence-electron chi connectivity index (χ1n) is 6.99. The van der Waals surface area contributed by atoms with Crippen LogP contribution >= 0.6 is 11.3 Å². The maximum atomic E-state index is 5.75. The van der Waals surface area contributed by atoms with Crippen LogP contribution in [0.2, 0.25) is 0 Å². The molecular formula is C15H19N3OS. The predicted molar refractivity (Wildman–Crippen MR) is 81.1 cm³/mol. The van der Waals surface area contributed by atoms with Crippen LogP contribution in [0.1, 0.15) is 23.3 Å². The molecule has 3 heterocycles. The Morgan fingerprint density at radius 1 is 1.40 bits per heavy atom. The summed E-state index contributed by atoms with van der Waals surface area (Å²) in [4.78, 5) is 12.5. The molecule has 0 amide bonds. The topological polar surface area (TPSA) is 38.2 Å². The van der Waals surface area contributed by atoms with Crippen LogP contribution in [0.3, 0.4) is 0 Å². The van der Waals surface area contributed by atoms with Gasteiger partial charge in [0.05, 0.1) is 12.6 Å². The molecule has 1 aliphatic heterocycles. The van der Waals surface area contributed by atoms with Crippen LogP contribution in [0.15, 0.2) is 29.9 Å². The quantitative estimate of drug-likeness (QED) is 0.848. The van der Waals surface area contributed by atoms with E-state index in [9.17, 15) is 0 Å². The lowest BCUT2D eigenvalue weighted by Crippen LogP contribution is -2.32. The lowest BCUT2D eigenvalue weighted by atomic mass is 10.2. The zero-order valence-electron chi connectivity index (χ0n) is 11.7. The van der Waals surface area contributed by atoms with Gasteiger partial charge in [-0.1, -0.05) is 6.07 Å². The number of hydrogen-bond acceptors (Lipinski definition) is 5. The molecule has 2 aromatic heterocycles. The molecule has 0 saturated carbocycles. The molecule has 4 nitrogen and oxygen atoms in total. The Morgan fingerprint density at radius 2 is 2.25 bits per heavy atom. The Labute approximate surface area is 123 Å². The van der Waals surface area contributed by atoms with E-state index < -0.39 is 0 Å². The molecule has 2 aromatic rings. The van der Waals surface area contributed by atoms with Crippen LogP contribution in [0, 0.1) is 6.92 Å². The Morgan fingerprint density at radius 3 is 2.90 bits per heavy atom. The molecule has 20 heavy (non-hydrogen) atoms. The van der Waals surface area contributed by atoms with Crippen molar-refractivity contribution in [3.63, 3.8) is 0 Å². The van der Waals surface area contributed by atoms with Crippen molar-refractivity contribution in [1.82, 2.24) is 9.97 Å². The monoisotopic (exact) mass is 289 g/mol. The van der Waals surface area contributed by atoms with Gasteiger partial charge in [0.1, 0.15) is 0 Å². The van der Waals surface area contributed by atoms with Gasteiger partial charge in [-0.25, -0.2) is 9.97 Å². The van der Waals surface area contributed by atoms with Crippen molar-refractivity contribution in [1.29, 1.82) is 0 Å². The Bertz CT molecular complexity index is 521. The number of hydrogen-bond donors (Lipinski definition) is 0. The van der Waals surface area contributed by atoms with E-state index in [-0.39, 0.29) is 0 Å². The van der Waals surface area contributed by atoms with Gasteiger partial charge in [0, 0.05) is 30.4 Å². The molecular weight excluding hydrogens is 270 g/mol. The van der Waals surface area contributed by atoms with Gasteiger partial charge in [-0.3, -0.25) is 0 Å². The number of thiophene rings is 1. The highest BCUT2D eigenvalue weighted by atomic mass is 32.1. The summed E-state index contributed by atoms with van der Waals surface area (Å²) in [5.41, 5.74) is 1.09. The van der Waals surface area contributed by atoms with Crippen LogP contribution in [0.5, 0.6) is 0 Å². The molecule has 0 radical (unpaired) electrons. The van der Waals surface area contributed by atoms with Crippen LogP contribution in [0.25, 0.3) is 0 Å². The summed E-state index contributed by atoms with van der Waals surface area (Å²) in [6.07, 6.45) is 6.34. The third kappa shape index (κ3) is 3.35. The van der Waals surface area contributed by atoms with Gasteiger partial charge in [0.15, 0.2) is 0 Å². The normalized spacial score (nSPS) is 18.4. The standard InChI is InChI=1S/C15H19N3OS/c1-12-8-16-15(17-9-12)18(10-13-4-2-6-19-13)11-14-5-3-7-20-14/h3,5,7-9,13H,2,4,6,10-11H2,1H3. The van der Waals surface area contributed by atoms with Crippen molar-refractivity contribution in [3.05, 3.63) is 40.3 Å². The van der Waals surface area contributed by atoms with E-state index in [1.165, 1.54) is 4.88 Å². The van der Waals surface area contributed by atoms with Gasteiger partial charge < -0.3 is 9.64 Å². The summed E-state index contributed by atoms with van der Waals surface area (Å²) in [6.45, 7) is 4.60. The Kier molecular flexibility index (Phi) is 4.28. The van der Waals surface area contributed by atoms with Crippen molar-refractivity contribution >= 4 is 17.3 Å². The molecule has 0 spiro atoms. The summed E-state index contributed by atoms with van der Waals surface area (Å²) in [5.74, 6) is 0.791. The fraction of sp³-hybridized carbons (Fsp3) is 0.467. The predicted octanol–water partition coefficient (Wildman–Crippen LogP) is 3.03. The second-order valence-electron chi connectivity index (χ2n) is 5.16. The minimum Gasteiger partial charge on any atom is -0.376 e. The molecule has 1 fully saturated rings. The van der Waals surface area contributed by atoms with Gasteiger partial charge in [-0.05, 0) is 36.8 Å². The average molecular weight is 289 g/mol. The summed E-state index contributed by atoms with van der Waals surface area (Å²) in [7, 11) is 0. The van der Waals surface area contributed by atoms with Crippen molar-refractivity contribution in [2.75, 3.05) is 18.1 Å². The first-order valence-corrected chi connectivity index (χ1v) is 7.87. The molecule has 1 atom stereocenters. The SMILES string of the molecule is Cc1cnc(N(Cc2cccs2)CC2CCCO2)nc1. The highest BCUT2D eigenvalue weighted by Gasteiger charge is 2.21. The highest BCUT2D eigenvalue weighted by molar-refractivity contribution is 7.09. The largest absolute Gasteiger partial charge is 0.376 e. The van der Waals surface area contributed by atoms with Crippen LogP contribution in [-0.2, 0) is 11.3 Å². The summed E-state index contributed by atoms with van der Waals surface area (Å²) < 4.78 is 5.75. The highest BCUT2D eigenvalue weighted by Crippen LogP contribution is 2.20. The van der Waals surface area contributed by atoms with E-state index in [4.69, 9.17) is 4.74 Å². The number of anilines is 1. The molecule has 1 unspecified atom stereocenters. The van der Waals surface area contributed by atoms with Crippen LogP contribution in [0.4, 0.5) is 5.95 Å². The molecule has 5 heteroatoms. The van der Waals surface area contributed by atoms with E-state index in [2.05, 4.69) is 32.4 Å². The zero-order chi connectivity index (χ0) is 13.8. The summed E-state index contributed by atoms with van der Waals surface area (Å²) in [5, 5.41) is 2.11. The van der Waals surface area contributed by atoms with Crippen molar-refractivity contribution in [3.8, 4) is 0 Å². The smallest absolute Gasteiger partial charge is 0.225 e.